The minimum atomic E-state index is -1.21. The molecular weight excluding hydrogens is 808 g/mol. The number of ether oxygens (including phenoxy) is 6. The zero-order valence-electron chi connectivity index (χ0n) is 32.3. The van der Waals surface area contributed by atoms with Crippen LogP contribution in [-0.4, -0.2) is 165 Å². The second-order valence-corrected chi connectivity index (χ2v) is 11.5. The molecule has 28 nitrogen and oxygen atoms in total. The zero-order valence-corrected chi connectivity index (χ0v) is 32.3. The van der Waals surface area contributed by atoms with Gasteiger partial charge in [0.25, 0.3) is 0 Å². The van der Waals surface area contributed by atoms with Crippen molar-refractivity contribution in [2.75, 3.05) is 79.2 Å². The third kappa shape index (κ3) is 21.8. The van der Waals surface area contributed by atoms with Gasteiger partial charge in [0.2, 0.25) is 0 Å². The maximum atomic E-state index is 12.0. The summed E-state index contributed by atoms with van der Waals surface area (Å²) in [5, 5.41) is 59.2. The van der Waals surface area contributed by atoms with Crippen molar-refractivity contribution in [1.82, 2.24) is 30.0 Å². The van der Waals surface area contributed by atoms with Crippen LogP contribution in [0.2, 0.25) is 0 Å². The average Bonchev–Trinajstić information content (AvgIpc) is 3.92. The summed E-state index contributed by atoms with van der Waals surface area (Å²) in [4.78, 5) is 71.0. The largest absolute Gasteiger partial charge is 0.462 e. The molecule has 0 saturated heterocycles. The van der Waals surface area contributed by atoms with E-state index in [1.54, 1.807) is 11.8 Å². The third-order valence-corrected chi connectivity index (χ3v) is 6.80. The van der Waals surface area contributed by atoms with Crippen LogP contribution in [0.15, 0.2) is 22.6 Å². The fraction of sp³-hybridized carbons (Fsp3) is 0.562. The average molecular weight is 851 g/mol. The van der Waals surface area contributed by atoms with Gasteiger partial charge >= 0.3 is 35.8 Å². The number of nitrogens with zero attached hydrogens (tertiary/aromatic N) is 12. The number of rotatable bonds is 23. The van der Waals surface area contributed by atoms with Gasteiger partial charge in [0.15, 0.2) is 11.4 Å². The van der Waals surface area contributed by atoms with Crippen LogP contribution < -0.4 is 0 Å². The molecule has 0 aliphatic rings. The molecule has 0 aliphatic carbocycles. The van der Waals surface area contributed by atoms with Crippen LogP contribution in [0.25, 0.3) is 20.9 Å². The Morgan fingerprint density at radius 1 is 0.633 bits per heavy atom. The topological polar surface area (TPSA) is 398 Å². The molecule has 0 aliphatic heterocycles. The summed E-state index contributed by atoms with van der Waals surface area (Å²) >= 11 is 0. The molecule has 0 unspecified atom stereocenters. The molecular formula is C32H42N12O16. The predicted octanol–water partition coefficient (Wildman–Crippen LogP) is -2.10. The van der Waals surface area contributed by atoms with E-state index in [1.807, 2.05) is 0 Å². The summed E-state index contributed by atoms with van der Waals surface area (Å²) in [6, 6.07) is 0. The number of carbonyl (C=O) groups is 6. The standard InChI is InChI=1S/C19H26N6O10.C8H6O4.C5H10N6O2/c1-13(28)32-3-5-34-17(30)15-7-24(22-20-15)9-19(11-26,12-27)10-25-8-16(21-23-25)18(31)35-6-4-33-14(2)29;1-3-7(9)11-5-6-12-8(10)4-2;6-10-8-1-5(3-12,4-13)2-9-11-7/h7-8,26-27H,3-6,9-12H2,1-2H3;1-2H,5-6H2;12-13H,1-4H2. The molecule has 2 aromatic heterocycles. The van der Waals surface area contributed by atoms with Crippen molar-refractivity contribution < 1.29 is 77.6 Å². The summed E-state index contributed by atoms with van der Waals surface area (Å²) in [5.41, 5.74) is 13.6. The first-order valence-corrected chi connectivity index (χ1v) is 16.8. The number of carbonyl (C=O) groups excluding carboxylic acids is 6. The minimum absolute atomic E-state index is 0.0737. The van der Waals surface area contributed by atoms with Gasteiger partial charge in [0.05, 0.1) is 57.3 Å². The molecule has 0 bridgehead atoms. The van der Waals surface area contributed by atoms with E-state index in [4.69, 9.17) is 30.7 Å². The molecule has 60 heavy (non-hydrogen) atoms. The highest BCUT2D eigenvalue weighted by Crippen LogP contribution is 2.22. The molecule has 2 heterocycles. The SMILES string of the molecule is C#CC(=O)OCCOC(=O)C#C.CC(=O)OCCOC(=O)c1cn(CC(CO)(CO)Cn2cc(C(=O)OCCOC(C)=O)nn2)nn1.[N-]=[N+]=NCC(CO)(CO)CN=[N+]=[N-]. The van der Waals surface area contributed by atoms with E-state index in [0.717, 1.165) is 0 Å². The maximum absolute atomic E-state index is 12.0. The Morgan fingerprint density at radius 3 is 1.27 bits per heavy atom. The lowest BCUT2D eigenvalue weighted by atomic mass is 9.90. The highest BCUT2D eigenvalue weighted by molar-refractivity contribution is 5.88. The number of aliphatic hydroxyl groups is 4. The Morgan fingerprint density at radius 2 is 0.967 bits per heavy atom. The Balaban J connectivity index is 0.00000114. The second kappa shape index (κ2) is 29.9. The van der Waals surface area contributed by atoms with Gasteiger partial charge in [0, 0.05) is 54.0 Å². The van der Waals surface area contributed by atoms with Crippen molar-refractivity contribution in [3.8, 4) is 24.7 Å². The minimum Gasteiger partial charge on any atom is -0.462 e. The number of azide groups is 2. The molecule has 0 fully saturated rings. The van der Waals surface area contributed by atoms with Gasteiger partial charge in [-0.2, -0.15) is 0 Å². The molecule has 0 amide bonds. The Kier molecular flexibility index (Phi) is 26.2. The smallest absolute Gasteiger partial charge is 0.384 e. The lowest BCUT2D eigenvalue weighted by Crippen LogP contribution is -2.39. The first-order valence-electron chi connectivity index (χ1n) is 16.8. The van der Waals surface area contributed by atoms with Gasteiger partial charge in [-0.1, -0.05) is 20.7 Å². The van der Waals surface area contributed by atoms with Gasteiger partial charge < -0.3 is 48.8 Å². The van der Waals surface area contributed by atoms with E-state index in [9.17, 15) is 39.0 Å². The van der Waals surface area contributed by atoms with Crippen molar-refractivity contribution in [2.45, 2.75) is 26.9 Å². The third-order valence-electron chi connectivity index (χ3n) is 6.80. The number of hydrogen-bond donors (Lipinski definition) is 4. The van der Waals surface area contributed by atoms with Crippen LogP contribution in [0.5, 0.6) is 0 Å². The molecule has 0 spiro atoms. The zero-order chi connectivity index (χ0) is 45.4. The van der Waals surface area contributed by atoms with E-state index in [2.05, 4.69) is 72.5 Å². The first-order chi connectivity index (χ1) is 28.6. The lowest BCUT2D eigenvalue weighted by Gasteiger charge is -2.28. The molecule has 0 saturated carbocycles. The van der Waals surface area contributed by atoms with Crippen LogP contribution in [0.4, 0.5) is 0 Å². The van der Waals surface area contributed by atoms with E-state index in [-0.39, 0.29) is 77.2 Å². The van der Waals surface area contributed by atoms with Crippen molar-refractivity contribution in [1.29, 1.82) is 0 Å². The monoisotopic (exact) mass is 850 g/mol. The molecule has 0 atom stereocenters. The van der Waals surface area contributed by atoms with Gasteiger partial charge in [-0.25, -0.2) is 19.2 Å². The summed E-state index contributed by atoms with van der Waals surface area (Å²) in [5.74, 6) is -0.756. The highest BCUT2D eigenvalue weighted by Gasteiger charge is 2.32. The summed E-state index contributed by atoms with van der Waals surface area (Å²) < 4.78 is 30.4. The van der Waals surface area contributed by atoms with Gasteiger partial charge in [-0.05, 0) is 11.1 Å². The van der Waals surface area contributed by atoms with Crippen molar-refractivity contribution >= 4 is 35.8 Å². The molecule has 0 radical (unpaired) electrons. The summed E-state index contributed by atoms with van der Waals surface area (Å²) in [6.07, 6.45) is 11.9. The second-order valence-electron chi connectivity index (χ2n) is 11.5. The Hall–Kier alpha value is -7.32. The van der Waals surface area contributed by atoms with Crippen molar-refractivity contribution in [3.05, 3.63) is 44.7 Å². The summed E-state index contributed by atoms with van der Waals surface area (Å²) in [7, 11) is 0. The number of terminal acetylenes is 2. The first kappa shape index (κ1) is 52.7. The normalized spacial score (nSPS) is 10.1. The fourth-order valence-electron chi connectivity index (χ4n) is 3.73. The molecule has 28 heteroatoms. The molecule has 2 rings (SSSR count). The van der Waals surface area contributed by atoms with Crippen molar-refractivity contribution in [3.63, 3.8) is 0 Å². The fourth-order valence-corrected chi connectivity index (χ4v) is 3.73. The van der Waals surface area contributed by atoms with Crippen LogP contribution in [-0.2, 0) is 60.7 Å². The lowest BCUT2D eigenvalue weighted by molar-refractivity contribution is -0.144. The van der Waals surface area contributed by atoms with E-state index in [1.165, 1.54) is 35.6 Å². The molecule has 326 valence electrons. The number of aromatic nitrogens is 6. The van der Waals surface area contributed by atoms with Crippen LogP contribution in [0, 0.1) is 35.5 Å². The molecule has 2 aromatic rings. The van der Waals surface area contributed by atoms with Crippen LogP contribution in [0.3, 0.4) is 0 Å². The Labute approximate surface area is 339 Å². The van der Waals surface area contributed by atoms with Crippen molar-refractivity contribution in [2.24, 2.45) is 21.1 Å². The number of hydrogen-bond acceptors (Lipinski definition) is 22. The summed E-state index contributed by atoms with van der Waals surface area (Å²) in [6.45, 7) is -0.427. The van der Waals surface area contributed by atoms with Gasteiger partial charge in [-0.3, -0.25) is 19.0 Å². The van der Waals surface area contributed by atoms with Crippen LogP contribution in [0.1, 0.15) is 34.8 Å². The quantitative estimate of drug-likeness (QED) is 0.0136. The number of esters is 6. The van der Waals surface area contributed by atoms with Gasteiger partial charge in [-0.15, -0.1) is 23.0 Å². The van der Waals surface area contributed by atoms with Crippen LogP contribution >= 0.6 is 0 Å². The molecule has 4 N–H and O–H groups in total. The maximum Gasteiger partial charge on any atom is 0.384 e. The van der Waals surface area contributed by atoms with E-state index in [0.29, 0.717) is 0 Å². The van der Waals surface area contributed by atoms with Gasteiger partial charge in [0.1, 0.15) is 39.6 Å². The highest BCUT2D eigenvalue weighted by atomic mass is 16.6. The number of aliphatic hydroxyl groups excluding tert-OH is 4. The predicted molar refractivity (Wildman–Crippen MR) is 195 cm³/mol. The van der Waals surface area contributed by atoms with E-state index < -0.39 is 73.1 Å². The Bertz CT molecular complexity index is 1760. The molecule has 0 aromatic carbocycles. The van der Waals surface area contributed by atoms with E-state index >= 15 is 0 Å².